The van der Waals surface area contributed by atoms with Crippen molar-refractivity contribution < 1.29 is 9.13 Å². The van der Waals surface area contributed by atoms with Gasteiger partial charge in [0.15, 0.2) is 0 Å². The number of hydrogen-bond donors (Lipinski definition) is 2. The highest BCUT2D eigenvalue weighted by Crippen LogP contribution is 2.31. The van der Waals surface area contributed by atoms with Crippen molar-refractivity contribution in [2.45, 2.75) is 25.9 Å². The third-order valence-corrected chi connectivity index (χ3v) is 4.87. The summed E-state index contributed by atoms with van der Waals surface area (Å²) in [5.74, 6) is 1.34. The molecule has 0 atom stereocenters. The fraction of sp³-hybridized carbons (Fsp3) is 0.421. The van der Waals surface area contributed by atoms with E-state index in [0.29, 0.717) is 5.92 Å². The highest BCUT2D eigenvalue weighted by atomic mass is 19.1. The maximum absolute atomic E-state index is 13.2. The van der Waals surface area contributed by atoms with E-state index in [-0.39, 0.29) is 5.82 Å². The second kappa shape index (κ2) is 6.87. The van der Waals surface area contributed by atoms with Gasteiger partial charge in [-0.1, -0.05) is 12.1 Å². The predicted molar refractivity (Wildman–Crippen MR) is 92.2 cm³/mol. The molecule has 4 rings (SSSR count). The molecule has 0 amide bonds. The number of aromatic nitrogens is 1. The van der Waals surface area contributed by atoms with Crippen LogP contribution in [0.4, 0.5) is 10.2 Å². The van der Waals surface area contributed by atoms with Crippen molar-refractivity contribution in [3.63, 3.8) is 0 Å². The Balaban J connectivity index is 1.59. The van der Waals surface area contributed by atoms with E-state index in [2.05, 4.69) is 16.7 Å². The third kappa shape index (κ3) is 3.28. The molecule has 0 bridgehead atoms. The molecule has 4 nitrogen and oxygen atoms in total. The van der Waals surface area contributed by atoms with Crippen LogP contribution in [0.25, 0.3) is 11.1 Å². The molecular weight excluding hydrogens is 305 g/mol. The second-order valence-corrected chi connectivity index (χ2v) is 6.53. The third-order valence-electron chi connectivity index (χ3n) is 4.87. The van der Waals surface area contributed by atoms with Crippen molar-refractivity contribution in [1.29, 1.82) is 0 Å². The summed E-state index contributed by atoms with van der Waals surface area (Å²) >= 11 is 0. The Morgan fingerprint density at radius 3 is 2.75 bits per heavy atom. The average Bonchev–Trinajstić information content (AvgIpc) is 3.09. The molecule has 0 spiro atoms. The van der Waals surface area contributed by atoms with Gasteiger partial charge in [0, 0.05) is 32.8 Å². The molecule has 1 fully saturated rings. The number of ether oxygens (including phenoxy) is 1. The summed E-state index contributed by atoms with van der Waals surface area (Å²) in [4.78, 5) is 4.76. The van der Waals surface area contributed by atoms with E-state index in [1.54, 1.807) is 0 Å². The summed E-state index contributed by atoms with van der Waals surface area (Å²) in [6, 6.07) is 8.80. The lowest BCUT2D eigenvalue weighted by molar-refractivity contribution is 0.0699. The van der Waals surface area contributed by atoms with Crippen LogP contribution in [-0.4, -0.2) is 24.7 Å². The topological polar surface area (TPSA) is 46.2 Å². The summed E-state index contributed by atoms with van der Waals surface area (Å²) < 4.78 is 18.7. The average molecular weight is 327 g/mol. The van der Waals surface area contributed by atoms with E-state index in [1.165, 1.54) is 17.7 Å². The largest absolute Gasteiger partial charge is 0.381 e. The fourth-order valence-corrected chi connectivity index (χ4v) is 3.45. The number of pyridine rings is 1. The van der Waals surface area contributed by atoms with Gasteiger partial charge in [-0.05, 0) is 53.6 Å². The van der Waals surface area contributed by atoms with Gasteiger partial charge in [0.2, 0.25) is 0 Å². The van der Waals surface area contributed by atoms with Gasteiger partial charge in [0.25, 0.3) is 0 Å². The molecule has 1 aromatic carbocycles. The summed E-state index contributed by atoms with van der Waals surface area (Å²) in [7, 11) is 0. The lowest BCUT2D eigenvalue weighted by atomic mass is 9.99. The number of nitrogens with one attached hydrogen (secondary N) is 2. The summed E-state index contributed by atoms with van der Waals surface area (Å²) in [6.45, 7) is 4.24. The van der Waals surface area contributed by atoms with Crippen LogP contribution in [0.5, 0.6) is 0 Å². The zero-order valence-corrected chi connectivity index (χ0v) is 13.6. The summed E-state index contributed by atoms with van der Waals surface area (Å²) in [5.41, 5.74) is 4.48. The van der Waals surface area contributed by atoms with Gasteiger partial charge in [0.1, 0.15) is 11.6 Å². The van der Waals surface area contributed by atoms with E-state index < -0.39 is 0 Å². The predicted octanol–water partition coefficient (Wildman–Crippen LogP) is 3.33. The Hall–Kier alpha value is -1.98. The lowest BCUT2D eigenvalue weighted by Crippen LogP contribution is -2.23. The Bertz CT molecular complexity index is 711. The molecule has 2 N–H and O–H groups in total. The molecule has 2 aromatic rings. The van der Waals surface area contributed by atoms with Crippen LogP contribution < -0.4 is 10.6 Å². The van der Waals surface area contributed by atoms with Gasteiger partial charge in [-0.15, -0.1) is 0 Å². The van der Waals surface area contributed by atoms with Gasteiger partial charge >= 0.3 is 0 Å². The highest BCUT2D eigenvalue weighted by Gasteiger charge is 2.19. The van der Waals surface area contributed by atoms with Gasteiger partial charge in [-0.3, -0.25) is 0 Å². The quantitative estimate of drug-likeness (QED) is 0.904. The smallest absolute Gasteiger partial charge is 0.126 e. The molecule has 0 radical (unpaired) electrons. The van der Waals surface area contributed by atoms with Crippen LogP contribution in [0.1, 0.15) is 24.1 Å². The zero-order chi connectivity index (χ0) is 16.4. The van der Waals surface area contributed by atoms with E-state index >= 15 is 0 Å². The number of halogens is 1. The number of fused-ring (bicyclic) bond motifs is 1. The van der Waals surface area contributed by atoms with Crippen LogP contribution in [0.15, 0.2) is 30.3 Å². The molecule has 2 aliphatic rings. The molecule has 1 saturated heterocycles. The number of hydrogen-bond acceptors (Lipinski definition) is 4. The van der Waals surface area contributed by atoms with E-state index in [9.17, 15) is 4.39 Å². The Labute approximate surface area is 141 Å². The Morgan fingerprint density at radius 1 is 1.17 bits per heavy atom. The second-order valence-electron chi connectivity index (χ2n) is 6.53. The van der Waals surface area contributed by atoms with Crippen molar-refractivity contribution >= 4 is 5.82 Å². The Kier molecular flexibility index (Phi) is 4.45. The van der Waals surface area contributed by atoms with Crippen LogP contribution >= 0.6 is 0 Å². The molecule has 0 saturated carbocycles. The molecular formula is C19H22FN3O. The number of anilines is 1. The van der Waals surface area contributed by atoms with Crippen LogP contribution in [-0.2, 0) is 17.8 Å². The number of nitrogens with zero attached hydrogens (tertiary/aromatic N) is 1. The summed E-state index contributed by atoms with van der Waals surface area (Å²) in [6.07, 6.45) is 2.20. The van der Waals surface area contributed by atoms with Crippen molar-refractivity contribution in [3.05, 3.63) is 47.4 Å². The summed E-state index contributed by atoms with van der Waals surface area (Å²) in [5, 5.41) is 6.86. The van der Waals surface area contributed by atoms with Gasteiger partial charge in [-0.25, -0.2) is 9.37 Å². The molecule has 0 unspecified atom stereocenters. The monoisotopic (exact) mass is 327 g/mol. The molecule has 24 heavy (non-hydrogen) atoms. The zero-order valence-electron chi connectivity index (χ0n) is 13.6. The standard InChI is InChI=1S/C19H22FN3O/c20-15-3-1-14(2-4-15)16-9-19(23-18-12-21-11-17(16)18)22-10-13-5-7-24-8-6-13/h1-4,9,13,21H,5-8,10-12H2,(H,22,23). The molecule has 5 heteroatoms. The molecule has 3 heterocycles. The maximum atomic E-state index is 13.2. The van der Waals surface area contributed by atoms with Crippen molar-refractivity contribution in [2.24, 2.45) is 5.92 Å². The minimum atomic E-state index is -0.208. The van der Waals surface area contributed by atoms with Crippen molar-refractivity contribution in [1.82, 2.24) is 10.3 Å². The molecule has 0 aliphatic carbocycles. The van der Waals surface area contributed by atoms with E-state index in [0.717, 1.165) is 68.3 Å². The first-order valence-electron chi connectivity index (χ1n) is 8.60. The van der Waals surface area contributed by atoms with Gasteiger partial charge in [0.05, 0.1) is 5.69 Å². The van der Waals surface area contributed by atoms with Gasteiger partial charge < -0.3 is 15.4 Å². The van der Waals surface area contributed by atoms with E-state index in [1.807, 2.05) is 12.1 Å². The molecule has 2 aliphatic heterocycles. The Morgan fingerprint density at radius 2 is 1.96 bits per heavy atom. The normalized spacial score (nSPS) is 17.7. The van der Waals surface area contributed by atoms with Crippen LogP contribution in [0.3, 0.4) is 0 Å². The number of rotatable bonds is 4. The van der Waals surface area contributed by atoms with E-state index in [4.69, 9.17) is 9.72 Å². The first-order valence-corrected chi connectivity index (χ1v) is 8.60. The fourth-order valence-electron chi connectivity index (χ4n) is 3.45. The minimum absolute atomic E-state index is 0.208. The highest BCUT2D eigenvalue weighted by molar-refractivity contribution is 5.71. The maximum Gasteiger partial charge on any atom is 0.126 e. The van der Waals surface area contributed by atoms with Crippen molar-refractivity contribution in [3.8, 4) is 11.1 Å². The van der Waals surface area contributed by atoms with Gasteiger partial charge in [-0.2, -0.15) is 0 Å². The lowest BCUT2D eigenvalue weighted by Gasteiger charge is -2.22. The first-order chi connectivity index (χ1) is 11.8. The van der Waals surface area contributed by atoms with Crippen molar-refractivity contribution in [2.75, 3.05) is 25.1 Å². The van der Waals surface area contributed by atoms with Crippen LogP contribution in [0, 0.1) is 11.7 Å². The minimum Gasteiger partial charge on any atom is -0.381 e. The first kappa shape index (κ1) is 15.5. The van der Waals surface area contributed by atoms with Crippen LogP contribution in [0.2, 0.25) is 0 Å². The number of benzene rings is 1. The SMILES string of the molecule is Fc1ccc(-c2cc(NCC3CCOCC3)nc3c2CNC3)cc1. The molecule has 1 aromatic heterocycles. The molecule has 126 valence electrons.